The lowest BCUT2D eigenvalue weighted by atomic mass is 9.80. The smallest absolute Gasteiger partial charge is 0.243 e. The van der Waals surface area contributed by atoms with E-state index in [1.807, 2.05) is 6.07 Å². The van der Waals surface area contributed by atoms with Crippen LogP contribution in [0.4, 0.5) is 0 Å². The second kappa shape index (κ2) is 5.34. The van der Waals surface area contributed by atoms with Gasteiger partial charge in [-0.15, -0.1) is 0 Å². The molecule has 1 unspecified atom stereocenters. The zero-order chi connectivity index (χ0) is 13.0. The molecule has 2 heterocycles. The third-order valence-electron chi connectivity index (χ3n) is 3.47. The number of nitrogens with zero attached hydrogens (tertiary/aromatic N) is 3. The molecule has 1 atom stereocenters. The molecule has 6 heteroatoms. The Labute approximate surface area is 106 Å². The summed E-state index contributed by atoms with van der Waals surface area (Å²) in [5.41, 5.74) is -0.977. The van der Waals surface area contributed by atoms with Crippen LogP contribution >= 0.6 is 0 Å². The molecule has 0 aliphatic carbocycles. The maximum absolute atomic E-state index is 12.5. The fourth-order valence-electron chi connectivity index (χ4n) is 2.31. The van der Waals surface area contributed by atoms with E-state index in [0.717, 1.165) is 0 Å². The molecule has 6 nitrogen and oxygen atoms in total. The van der Waals surface area contributed by atoms with Gasteiger partial charge in [0.05, 0.1) is 25.3 Å². The standard InChI is InChI=1S/C12H15N3O3/c13-7-10-8-15(3-6-18-10)11(16)12(9-14)1-4-17-5-2-12/h10H,1-6,8H2. The van der Waals surface area contributed by atoms with E-state index in [9.17, 15) is 10.1 Å². The summed E-state index contributed by atoms with van der Waals surface area (Å²) in [6, 6.07) is 4.15. The van der Waals surface area contributed by atoms with Crippen molar-refractivity contribution in [3.05, 3.63) is 0 Å². The van der Waals surface area contributed by atoms with Crippen LogP contribution in [0, 0.1) is 28.1 Å². The zero-order valence-electron chi connectivity index (χ0n) is 10.1. The Balaban J connectivity index is 2.10. The van der Waals surface area contributed by atoms with Crippen LogP contribution < -0.4 is 0 Å². The summed E-state index contributed by atoms with van der Waals surface area (Å²) >= 11 is 0. The fourth-order valence-corrected chi connectivity index (χ4v) is 2.31. The Morgan fingerprint density at radius 3 is 2.61 bits per heavy atom. The Kier molecular flexibility index (Phi) is 3.81. The maximum Gasteiger partial charge on any atom is 0.243 e. The average molecular weight is 249 g/mol. The SMILES string of the molecule is N#CC1CN(C(=O)C2(C#N)CCOCC2)CCO1. The number of morpholine rings is 1. The van der Waals surface area contributed by atoms with Crippen molar-refractivity contribution in [2.24, 2.45) is 5.41 Å². The van der Waals surface area contributed by atoms with Crippen molar-refractivity contribution in [1.29, 1.82) is 10.5 Å². The molecular weight excluding hydrogens is 234 g/mol. The van der Waals surface area contributed by atoms with Crippen molar-refractivity contribution in [3.63, 3.8) is 0 Å². The van der Waals surface area contributed by atoms with Gasteiger partial charge in [-0.05, 0) is 12.8 Å². The lowest BCUT2D eigenvalue weighted by molar-refractivity contribution is -0.149. The molecule has 0 aromatic rings. The number of rotatable bonds is 1. The van der Waals surface area contributed by atoms with Gasteiger partial charge in [0.25, 0.3) is 0 Å². The van der Waals surface area contributed by atoms with Crippen LogP contribution in [0.5, 0.6) is 0 Å². The summed E-state index contributed by atoms with van der Waals surface area (Å²) in [5.74, 6) is -0.183. The fraction of sp³-hybridized carbons (Fsp3) is 0.750. The molecule has 0 aromatic heterocycles. The summed E-state index contributed by atoms with van der Waals surface area (Å²) in [4.78, 5) is 14.0. The predicted molar refractivity (Wildman–Crippen MR) is 60.0 cm³/mol. The van der Waals surface area contributed by atoms with Gasteiger partial charge in [-0.1, -0.05) is 0 Å². The van der Waals surface area contributed by atoms with Crippen LogP contribution in [-0.4, -0.2) is 49.8 Å². The van der Waals surface area contributed by atoms with Crippen molar-refractivity contribution in [3.8, 4) is 12.1 Å². The number of ether oxygens (including phenoxy) is 2. The highest BCUT2D eigenvalue weighted by Gasteiger charge is 2.44. The van der Waals surface area contributed by atoms with E-state index in [1.165, 1.54) is 0 Å². The molecule has 0 N–H and O–H groups in total. The molecule has 2 rings (SSSR count). The van der Waals surface area contributed by atoms with Gasteiger partial charge in [-0.25, -0.2) is 0 Å². The first kappa shape index (κ1) is 12.8. The Morgan fingerprint density at radius 1 is 1.28 bits per heavy atom. The second-order valence-electron chi connectivity index (χ2n) is 4.55. The molecule has 2 saturated heterocycles. The number of amides is 1. The first-order valence-corrected chi connectivity index (χ1v) is 6.01. The van der Waals surface area contributed by atoms with Crippen molar-refractivity contribution in [2.75, 3.05) is 32.9 Å². The summed E-state index contributed by atoms with van der Waals surface area (Å²) in [6.07, 6.45) is 0.270. The maximum atomic E-state index is 12.5. The highest BCUT2D eigenvalue weighted by atomic mass is 16.5. The molecule has 1 amide bonds. The van der Waals surface area contributed by atoms with Crippen LogP contribution in [0.3, 0.4) is 0 Å². The van der Waals surface area contributed by atoms with Crippen molar-refractivity contribution < 1.29 is 14.3 Å². The molecule has 0 spiro atoms. The van der Waals surface area contributed by atoms with Crippen molar-refractivity contribution >= 4 is 5.91 Å². The van der Waals surface area contributed by atoms with Crippen LogP contribution in [0.25, 0.3) is 0 Å². The molecule has 2 aliphatic rings. The van der Waals surface area contributed by atoms with Gasteiger partial charge < -0.3 is 14.4 Å². The number of carbonyl (C=O) groups is 1. The van der Waals surface area contributed by atoms with Gasteiger partial charge in [0.1, 0.15) is 5.41 Å². The number of carbonyl (C=O) groups excluding carboxylic acids is 1. The summed E-state index contributed by atoms with van der Waals surface area (Å²) < 4.78 is 10.4. The Bertz CT molecular complexity index is 404. The largest absolute Gasteiger partial charge is 0.381 e. The van der Waals surface area contributed by atoms with Crippen LogP contribution in [0.2, 0.25) is 0 Å². The molecule has 18 heavy (non-hydrogen) atoms. The first-order valence-electron chi connectivity index (χ1n) is 6.01. The van der Waals surface area contributed by atoms with E-state index < -0.39 is 11.5 Å². The number of hydrogen-bond donors (Lipinski definition) is 0. The van der Waals surface area contributed by atoms with Gasteiger partial charge in [-0.3, -0.25) is 4.79 Å². The molecule has 0 bridgehead atoms. The minimum atomic E-state index is -0.977. The summed E-state index contributed by atoms with van der Waals surface area (Å²) in [5, 5.41) is 18.1. The van der Waals surface area contributed by atoms with Gasteiger partial charge >= 0.3 is 0 Å². The van der Waals surface area contributed by atoms with E-state index in [0.29, 0.717) is 39.2 Å². The Hall–Kier alpha value is -1.63. The third kappa shape index (κ3) is 2.31. The van der Waals surface area contributed by atoms with Gasteiger partial charge in [0.2, 0.25) is 5.91 Å². The van der Waals surface area contributed by atoms with E-state index in [4.69, 9.17) is 14.7 Å². The highest BCUT2D eigenvalue weighted by molar-refractivity contribution is 5.85. The molecule has 96 valence electrons. The lowest BCUT2D eigenvalue weighted by Crippen LogP contribution is -2.52. The Morgan fingerprint density at radius 2 is 2.00 bits per heavy atom. The predicted octanol–water partition coefficient (Wildman–Crippen LogP) is 0.0578. The monoisotopic (exact) mass is 249 g/mol. The van der Waals surface area contributed by atoms with Crippen LogP contribution in [-0.2, 0) is 14.3 Å². The summed E-state index contributed by atoms with van der Waals surface area (Å²) in [6.45, 7) is 1.92. The minimum absolute atomic E-state index is 0.183. The van der Waals surface area contributed by atoms with E-state index in [1.54, 1.807) is 4.90 Å². The number of hydrogen-bond acceptors (Lipinski definition) is 5. The van der Waals surface area contributed by atoms with Gasteiger partial charge in [0, 0.05) is 19.8 Å². The summed E-state index contributed by atoms with van der Waals surface area (Å²) in [7, 11) is 0. The van der Waals surface area contributed by atoms with Crippen LogP contribution in [0.15, 0.2) is 0 Å². The second-order valence-corrected chi connectivity index (χ2v) is 4.55. The highest BCUT2D eigenvalue weighted by Crippen LogP contribution is 2.32. The zero-order valence-corrected chi connectivity index (χ0v) is 10.1. The van der Waals surface area contributed by atoms with Crippen molar-refractivity contribution in [2.45, 2.75) is 18.9 Å². The topological polar surface area (TPSA) is 86.4 Å². The molecule has 2 aliphatic heterocycles. The minimum Gasteiger partial charge on any atom is -0.381 e. The van der Waals surface area contributed by atoms with E-state index in [-0.39, 0.29) is 12.5 Å². The van der Waals surface area contributed by atoms with Crippen molar-refractivity contribution in [1.82, 2.24) is 4.90 Å². The number of nitriles is 2. The quantitative estimate of drug-likeness (QED) is 0.655. The third-order valence-corrected chi connectivity index (χ3v) is 3.47. The van der Waals surface area contributed by atoms with Gasteiger partial charge in [-0.2, -0.15) is 10.5 Å². The van der Waals surface area contributed by atoms with E-state index >= 15 is 0 Å². The lowest BCUT2D eigenvalue weighted by Gasteiger charge is -2.37. The molecule has 0 aromatic carbocycles. The average Bonchev–Trinajstić information content (AvgIpc) is 2.47. The molecule has 0 radical (unpaired) electrons. The molecule has 0 saturated carbocycles. The van der Waals surface area contributed by atoms with Gasteiger partial charge in [0.15, 0.2) is 6.10 Å². The normalized spacial score (nSPS) is 27.0. The molecule has 2 fully saturated rings. The van der Waals surface area contributed by atoms with E-state index in [2.05, 4.69) is 6.07 Å². The first-order chi connectivity index (χ1) is 8.72. The molecular formula is C12H15N3O3. The van der Waals surface area contributed by atoms with Crippen LogP contribution in [0.1, 0.15) is 12.8 Å².